The van der Waals surface area contributed by atoms with Crippen LogP contribution < -0.4 is 10.1 Å². The van der Waals surface area contributed by atoms with E-state index in [0.29, 0.717) is 11.8 Å². The van der Waals surface area contributed by atoms with Crippen molar-refractivity contribution < 1.29 is 9.47 Å². The molecule has 0 spiro atoms. The van der Waals surface area contributed by atoms with Crippen LogP contribution in [0.1, 0.15) is 56.1 Å². The van der Waals surface area contributed by atoms with E-state index < -0.39 is 0 Å². The largest absolute Gasteiger partial charge is 0.457 e. The summed E-state index contributed by atoms with van der Waals surface area (Å²) < 4.78 is 11.8. The first-order valence-corrected chi connectivity index (χ1v) is 10.9. The standard InChI is InChI=1S/C25H35NO2/c1-3-20-11-4-6-15-24(20)28-25-16-7-5-14-23(25)22(13-8-9-18-27-2)21-12-10-17-26-19-21/h4-7,11,14-16,21-22,26H,3,8-10,12-13,17-19H2,1-2H3/t21-,22-/m0/s1. The fraction of sp³-hybridized carbons (Fsp3) is 0.520. The number of methoxy groups -OCH3 is 1. The van der Waals surface area contributed by atoms with Crippen molar-refractivity contribution >= 4 is 0 Å². The van der Waals surface area contributed by atoms with Crippen LogP contribution in [0, 0.1) is 5.92 Å². The van der Waals surface area contributed by atoms with Crippen molar-refractivity contribution in [1.29, 1.82) is 0 Å². The number of hydrogen-bond donors (Lipinski definition) is 1. The van der Waals surface area contributed by atoms with E-state index in [0.717, 1.165) is 44.0 Å². The molecule has 0 unspecified atom stereocenters. The van der Waals surface area contributed by atoms with Gasteiger partial charge in [-0.2, -0.15) is 0 Å². The highest BCUT2D eigenvalue weighted by molar-refractivity contribution is 5.43. The molecule has 1 fully saturated rings. The van der Waals surface area contributed by atoms with E-state index in [1.807, 2.05) is 0 Å². The molecule has 2 aromatic rings. The number of rotatable bonds is 10. The first-order valence-electron chi connectivity index (χ1n) is 10.9. The van der Waals surface area contributed by atoms with Crippen LogP contribution >= 0.6 is 0 Å². The molecule has 0 saturated carbocycles. The highest BCUT2D eigenvalue weighted by atomic mass is 16.5. The van der Waals surface area contributed by atoms with Crippen LogP contribution in [0.2, 0.25) is 0 Å². The highest BCUT2D eigenvalue weighted by Crippen LogP contribution is 2.40. The molecule has 0 aromatic heterocycles. The maximum Gasteiger partial charge on any atom is 0.130 e. The maximum atomic E-state index is 6.49. The van der Waals surface area contributed by atoms with E-state index in [4.69, 9.17) is 9.47 Å². The van der Waals surface area contributed by atoms with Crippen LogP contribution in [0.25, 0.3) is 0 Å². The average molecular weight is 382 g/mol. The Morgan fingerprint density at radius 3 is 2.57 bits per heavy atom. The first kappa shape index (κ1) is 20.9. The zero-order valence-electron chi connectivity index (χ0n) is 17.5. The zero-order valence-corrected chi connectivity index (χ0v) is 17.5. The van der Waals surface area contributed by atoms with Crippen LogP contribution in [-0.4, -0.2) is 26.8 Å². The van der Waals surface area contributed by atoms with Gasteiger partial charge in [0.05, 0.1) is 0 Å². The van der Waals surface area contributed by atoms with Crippen molar-refractivity contribution in [3.05, 3.63) is 59.7 Å². The van der Waals surface area contributed by atoms with E-state index in [2.05, 4.69) is 60.8 Å². The minimum absolute atomic E-state index is 0.523. The van der Waals surface area contributed by atoms with E-state index >= 15 is 0 Å². The SMILES string of the molecule is CCc1ccccc1Oc1ccccc1[C@@H](CCCCOC)[C@H]1CCCNC1. The van der Waals surface area contributed by atoms with Crippen LogP contribution in [0.5, 0.6) is 11.5 Å². The number of hydrogen-bond acceptors (Lipinski definition) is 3. The summed E-state index contributed by atoms with van der Waals surface area (Å²) in [5.41, 5.74) is 2.62. The van der Waals surface area contributed by atoms with Gasteiger partial charge in [-0.1, -0.05) is 49.7 Å². The highest BCUT2D eigenvalue weighted by Gasteiger charge is 2.27. The molecule has 3 nitrogen and oxygen atoms in total. The second-order valence-electron chi connectivity index (χ2n) is 7.80. The molecular weight excluding hydrogens is 346 g/mol. The van der Waals surface area contributed by atoms with Crippen molar-refractivity contribution in [2.45, 2.75) is 51.4 Å². The van der Waals surface area contributed by atoms with Gasteiger partial charge < -0.3 is 14.8 Å². The second-order valence-corrected chi connectivity index (χ2v) is 7.80. The lowest BCUT2D eigenvalue weighted by Crippen LogP contribution is -2.33. The summed E-state index contributed by atoms with van der Waals surface area (Å²) in [7, 11) is 1.79. The van der Waals surface area contributed by atoms with Gasteiger partial charge >= 0.3 is 0 Å². The van der Waals surface area contributed by atoms with Gasteiger partial charge in [-0.3, -0.25) is 0 Å². The van der Waals surface area contributed by atoms with Crippen LogP contribution in [-0.2, 0) is 11.2 Å². The fourth-order valence-electron chi connectivity index (χ4n) is 4.37. The molecule has 0 radical (unpaired) electrons. The molecule has 1 aliphatic heterocycles. The molecule has 3 heteroatoms. The van der Waals surface area contributed by atoms with Crippen molar-refractivity contribution in [2.75, 3.05) is 26.8 Å². The predicted molar refractivity (Wildman–Crippen MR) is 116 cm³/mol. The summed E-state index contributed by atoms with van der Waals surface area (Å²) in [6.07, 6.45) is 7.03. The molecule has 28 heavy (non-hydrogen) atoms. The third kappa shape index (κ3) is 5.59. The third-order valence-electron chi connectivity index (χ3n) is 5.91. The summed E-state index contributed by atoms with van der Waals surface area (Å²) in [4.78, 5) is 0. The molecule has 152 valence electrons. The Balaban J connectivity index is 1.84. The molecule has 2 aromatic carbocycles. The molecular formula is C25H35NO2. The van der Waals surface area contributed by atoms with E-state index in [9.17, 15) is 0 Å². The molecule has 0 amide bonds. The molecule has 1 aliphatic rings. The van der Waals surface area contributed by atoms with E-state index in [1.54, 1.807) is 7.11 Å². The van der Waals surface area contributed by atoms with Gasteiger partial charge in [0.1, 0.15) is 11.5 Å². The Morgan fingerprint density at radius 1 is 1.04 bits per heavy atom. The lowest BCUT2D eigenvalue weighted by molar-refractivity contribution is 0.189. The molecule has 3 rings (SSSR count). The van der Waals surface area contributed by atoms with E-state index in [-0.39, 0.29) is 0 Å². The smallest absolute Gasteiger partial charge is 0.130 e. The summed E-state index contributed by atoms with van der Waals surface area (Å²) in [6, 6.07) is 17.1. The fourth-order valence-corrected chi connectivity index (χ4v) is 4.37. The topological polar surface area (TPSA) is 30.5 Å². The lowest BCUT2D eigenvalue weighted by Gasteiger charge is -2.32. The molecule has 0 aliphatic carbocycles. The van der Waals surface area contributed by atoms with Gasteiger partial charge in [0.2, 0.25) is 0 Å². The Labute approximate surface area is 170 Å². The van der Waals surface area contributed by atoms with Gasteiger partial charge in [0.15, 0.2) is 0 Å². The summed E-state index contributed by atoms with van der Waals surface area (Å²) in [5.74, 6) is 3.19. The van der Waals surface area contributed by atoms with Crippen LogP contribution in [0.15, 0.2) is 48.5 Å². The Kier molecular flexibility index (Phi) is 8.38. The van der Waals surface area contributed by atoms with Gasteiger partial charge in [-0.05, 0) is 80.3 Å². The number of unbranched alkanes of at least 4 members (excludes halogenated alkanes) is 1. The lowest BCUT2D eigenvalue weighted by atomic mass is 9.78. The quantitative estimate of drug-likeness (QED) is 0.517. The van der Waals surface area contributed by atoms with Crippen LogP contribution in [0.3, 0.4) is 0 Å². The minimum atomic E-state index is 0.523. The van der Waals surface area contributed by atoms with Gasteiger partial charge in [0, 0.05) is 13.7 Å². The average Bonchev–Trinajstić information content (AvgIpc) is 2.75. The number of aryl methyl sites for hydroxylation is 1. The minimum Gasteiger partial charge on any atom is -0.457 e. The summed E-state index contributed by atoms with van der Waals surface area (Å²) in [6.45, 7) is 5.28. The number of nitrogens with one attached hydrogen (secondary N) is 1. The zero-order chi connectivity index (χ0) is 19.6. The number of piperidine rings is 1. The van der Waals surface area contributed by atoms with Crippen molar-refractivity contribution in [3.8, 4) is 11.5 Å². The summed E-state index contributed by atoms with van der Waals surface area (Å²) in [5, 5.41) is 3.61. The Morgan fingerprint density at radius 2 is 1.82 bits per heavy atom. The number of benzene rings is 2. The summed E-state index contributed by atoms with van der Waals surface area (Å²) >= 11 is 0. The van der Waals surface area contributed by atoms with Crippen molar-refractivity contribution in [2.24, 2.45) is 5.92 Å². The monoisotopic (exact) mass is 381 g/mol. The molecule has 0 bridgehead atoms. The van der Waals surface area contributed by atoms with Crippen molar-refractivity contribution in [3.63, 3.8) is 0 Å². The van der Waals surface area contributed by atoms with Crippen molar-refractivity contribution in [1.82, 2.24) is 5.32 Å². The predicted octanol–water partition coefficient (Wildman–Crippen LogP) is 5.94. The molecule has 2 atom stereocenters. The molecule has 1 heterocycles. The first-order chi connectivity index (χ1) is 13.8. The van der Waals surface area contributed by atoms with Gasteiger partial charge in [0.25, 0.3) is 0 Å². The van der Waals surface area contributed by atoms with E-state index in [1.165, 1.54) is 36.8 Å². The Hall–Kier alpha value is -1.84. The number of ether oxygens (including phenoxy) is 2. The third-order valence-corrected chi connectivity index (χ3v) is 5.91. The Bertz CT molecular complexity index is 709. The van der Waals surface area contributed by atoms with Gasteiger partial charge in [-0.15, -0.1) is 0 Å². The van der Waals surface area contributed by atoms with Gasteiger partial charge in [-0.25, -0.2) is 0 Å². The normalized spacial score (nSPS) is 18.0. The molecule has 1 saturated heterocycles. The second kappa shape index (κ2) is 11.2. The number of para-hydroxylation sites is 2. The maximum absolute atomic E-state index is 6.49. The van der Waals surface area contributed by atoms with Crippen LogP contribution in [0.4, 0.5) is 0 Å². The molecule has 1 N–H and O–H groups in total.